The van der Waals surface area contributed by atoms with E-state index in [4.69, 9.17) is 9.47 Å². The lowest BCUT2D eigenvalue weighted by molar-refractivity contribution is -0.119. The van der Waals surface area contributed by atoms with Gasteiger partial charge >= 0.3 is 0 Å². The van der Waals surface area contributed by atoms with Crippen molar-refractivity contribution in [2.45, 2.75) is 38.5 Å². The molecule has 150 valence electrons. The Labute approximate surface area is 160 Å². The molecular weight excluding hydrogens is 370 g/mol. The van der Waals surface area contributed by atoms with Crippen molar-refractivity contribution in [3.8, 4) is 11.5 Å². The minimum absolute atomic E-state index is 0.262. The van der Waals surface area contributed by atoms with Crippen LogP contribution in [0.2, 0.25) is 0 Å². The van der Waals surface area contributed by atoms with Gasteiger partial charge in [0.05, 0.1) is 26.2 Å². The molecule has 0 bridgehead atoms. The normalized spacial score (nSPS) is 14.9. The Morgan fingerprint density at radius 1 is 1.15 bits per heavy atom. The van der Waals surface area contributed by atoms with Crippen LogP contribution in [0, 0.1) is 0 Å². The van der Waals surface area contributed by atoms with Crippen LogP contribution < -0.4 is 19.2 Å². The third-order valence-electron chi connectivity index (χ3n) is 4.36. The summed E-state index contributed by atoms with van der Waals surface area (Å²) in [5.41, 5.74) is 3.70. The number of anilines is 1. The van der Waals surface area contributed by atoms with Crippen LogP contribution in [0.4, 0.5) is 5.69 Å². The van der Waals surface area contributed by atoms with Gasteiger partial charge in [-0.2, -0.15) is 5.10 Å². The monoisotopic (exact) mass is 397 g/mol. The van der Waals surface area contributed by atoms with Gasteiger partial charge in [0, 0.05) is 11.8 Å². The fourth-order valence-electron chi connectivity index (χ4n) is 2.93. The van der Waals surface area contributed by atoms with Crippen molar-refractivity contribution < 1.29 is 22.7 Å². The number of hydrazone groups is 1. The summed E-state index contributed by atoms with van der Waals surface area (Å²) in [5, 5.41) is 4.19. The zero-order valence-corrected chi connectivity index (χ0v) is 16.8. The topological polar surface area (TPSA) is 97.3 Å². The lowest BCUT2D eigenvalue weighted by atomic mass is 10.2. The quantitative estimate of drug-likeness (QED) is 0.562. The highest BCUT2D eigenvalue weighted by Crippen LogP contribution is 2.33. The van der Waals surface area contributed by atoms with Crippen molar-refractivity contribution in [2.24, 2.45) is 5.10 Å². The molecule has 0 radical (unpaired) electrons. The number of nitrogens with one attached hydrogen (secondary N) is 1. The molecule has 9 heteroatoms. The number of methoxy groups -OCH3 is 2. The minimum atomic E-state index is -3.71. The van der Waals surface area contributed by atoms with Crippen LogP contribution in [0.15, 0.2) is 23.3 Å². The number of carbonyl (C=O) groups excluding carboxylic acids is 1. The summed E-state index contributed by atoms with van der Waals surface area (Å²) < 4.78 is 35.9. The summed E-state index contributed by atoms with van der Waals surface area (Å²) in [7, 11) is -0.781. The predicted molar refractivity (Wildman–Crippen MR) is 105 cm³/mol. The van der Waals surface area contributed by atoms with E-state index in [-0.39, 0.29) is 5.69 Å². The van der Waals surface area contributed by atoms with Crippen LogP contribution >= 0.6 is 0 Å². The van der Waals surface area contributed by atoms with Crippen molar-refractivity contribution >= 4 is 27.3 Å². The zero-order chi connectivity index (χ0) is 19.9. The van der Waals surface area contributed by atoms with E-state index in [9.17, 15) is 13.2 Å². The van der Waals surface area contributed by atoms with E-state index < -0.39 is 22.5 Å². The number of nitrogens with zero attached hydrogens (tertiary/aromatic N) is 2. The van der Waals surface area contributed by atoms with Crippen molar-refractivity contribution in [2.75, 3.05) is 31.3 Å². The maximum atomic E-state index is 12.3. The molecule has 1 aromatic rings. The zero-order valence-electron chi connectivity index (χ0n) is 16.0. The molecule has 0 heterocycles. The second kappa shape index (κ2) is 9.59. The molecule has 1 saturated carbocycles. The Kier molecular flexibility index (Phi) is 7.46. The number of rotatable bonds is 7. The lowest BCUT2D eigenvalue weighted by Crippen LogP contribution is -2.39. The van der Waals surface area contributed by atoms with Crippen molar-refractivity contribution in [1.29, 1.82) is 0 Å². The molecule has 0 aliphatic heterocycles. The van der Waals surface area contributed by atoms with Crippen LogP contribution in [0.25, 0.3) is 0 Å². The first kappa shape index (κ1) is 21.0. The summed E-state index contributed by atoms with van der Waals surface area (Å²) in [6.45, 7) is -0.391. The van der Waals surface area contributed by atoms with Crippen LogP contribution in [-0.2, 0) is 14.8 Å². The van der Waals surface area contributed by atoms with Crippen LogP contribution in [-0.4, -0.2) is 47.1 Å². The summed E-state index contributed by atoms with van der Waals surface area (Å²) in [5.74, 6) is 0.311. The summed E-state index contributed by atoms with van der Waals surface area (Å²) in [6, 6.07) is 4.72. The van der Waals surface area contributed by atoms with Gasteiger partial charge < -0.3 is 9.47 Å². The molecule has 1 amide bonds. The molecule has 1 N–H and O–H groups in total. The van der Waals surface area contributed by atoms with E-state index >= 15 is 0 Å². The lowest BCUT2D eigenvalue weighted by Gasteiger charge is -2.23. The molecule has 1 aliphatic rings. The van der Waals surface area contributed by atoms with E-state index in [1.54, 1.807) is 18.2 Å². The first-order valence-corrected chi connectivity index (χ1v) is 10.7. The predicted octanol–water partition coefficient (Wildman–Crippen LogP) is 2.30. The molecule has 0 atom stereocenters. The number of hydrogen-bond acceptors (Lipinski definition) is 6. The Balaban J connectivity index is 2.18. The van der Waals surface area contributed by atoms with Crippen molar-refractivity contribution in [3.05, 3.63) is 18.2 Å². The third kappa shape index (κ3) is 6.13. The average molecular weight is 397 g/mol. The molecule has 0 saturated heterocycles. The van der Waals surface area contributed by atoms with Gasteiger partial charge in [-0.05, 0) is 37.8 Å². The first-order valence-electron chi connectivity index (χ1n) is 8.89. The fraction of sp³-hybridized carbons (Fsp3) is 0.556. The maximum absolute atomic E-state index is 12.3. The largest absolute Gasteiger partial charge is 0.497 e. The first-order chi connectivity index (χ1) is 12.8. The van der Waals surface area contributed by atoms with Gasteiger partial charge in [-0.3, -0.25) is 9.10 Å². The van der Waals surface area contributed by atoms with Gasteiger partial charge in [-0.25, -0.2) is 13.8 Å². The Hall–Kier alpha value is -2.29. The second-order valence-corrected chi connectivity index (χ2v) is 8.34. The summed E-state index contributed by atoms with van der Waals surface area (Å²) in [4.78, 5) is 12.3. The molecule has 8 nitrogen and oxygen atoms in total. The van der Waals surface area contributed by atoms with Crippen LogP contribution in [0.3, 0.4) is 0 Å². The number of hydrogen-bond donors (Lipinski definition) is 1. The van der Waals surface area contributed by atoms with Crippen molar-refractivity contribution in [1.82, 2.24) is 5.43 Å². The van der Waals surface area contributed by atoms with Gasteiger partial charge in [0.25, 0.3) is 5.91 Å². The Morgan fingerprint density at radius 2 is 1.81 bits per heavy atom. The molecule has 0 spiro atoms. The van der Waals surface area contributed by atoms with E-state index in [0.717, 1.165) is 42.0 Å². The van der Waals surface area contributed by atoms with Crippen LogP contribution in [0.5, 0.6) is 11.5 Å². The van der Waals surface area contributed by atoms with Crippen molar-refractivity contribution in [3.63, 3.8) is 0 Å². The molecule has 0 unspecified atom stereocenters. The number of benzene rings is 1. The van der Waals surface area contributed by atoms with Gasteiger partial charge in [0.1, 0.15) is 18.0 Å². The maximum Gasteiger partial charge on any atom is 0.260 e. The second-order valence-electron chi connectivity index (χ2n) is 6.43. The van der Waals surface area contributed by atoms with Gasteiger partial charge in [-0.1, -0.05) is 12.8 Å². The highest BCUT2D eigenvalue weighted by Gasteiger charge is 2.24. The minimum Gasteiger partial charge on any atom is -0.497 e. The number of sulfonamides is 1. The molecule has 2 rings (SSSR count). The fourth-order valence-corrected chi connectivity index (χ4v) is 3.79. The van der Waals surface area contributed by atoms with Crippen LogP contribution in [0.1, 0.15) is 38.5 Å². The number of amides is 1. The molecule has 1 fully saturated rings. The summed E-state index contributed by atoms with van der Waals surface area (Å²) in [6.07, 6.45) is 7.24. The van der Waals surface area contributed by atoms with E-state index in [2.05, 4.69) is 10.5 Å². The third-order valence-corrected chi connectivity index (χ3v) is 5.49. The van der Waals surface area contributed by atoms with E-state index in [1.807, 2.05) is 0 Å². The van der Waals surface area contributed by atoms with E-state index in [1.165, 1.54) is 27.1 Å². The standard InChI is InChI=1S/C18H27N3O5S/c1-25-15-10-11-16(17(12-15)26-2)21(27(3,23)24)13-18(22)20-19-14-8-6-4-5-7-9-14/h10-12H,4-9,13H2,1-3H3,(H,20,22). The highest BCUT2D eigenvalue weighted by molar-refractivity contribution is 7.92. The smallest absolute Gasteiger partial charge is 0.260 e. The molecule has 1 aliphatic carbocycles. The number of carbonyl (C=O) groups is 1. The molecule has 27 heavy (non-hydrogen) atoms. The van der Waals surface area contributed by atoms with Gasteiger partial charge in [0.15, 0.2) is 0 Å². The van der Waals surface area contributed by atoms with Gasteiger partial charge in [-0.15, -0.1) is 0 Å². The average Bonchev–Trinajstić information content (AvgIpc) is 2.92. The van der Waals surface area contributed by atoms with Gasteiger partial charge in [0.2, 0.25) is 10.0 Å². The Morgan fingerprint density at radius 3 is 2.37 bits per heavy atom. The Bertz CT molecular complexity index is 782. The summed E-state index contributed by atoms with van der Waals surface area (Å²) >= 11 is 0. The SMILES string of the molecule is COc1ccc(N(CC(=O)NN=C2CCCCCC2)S(C)(=O)=O)c(OC)c1. The molecule has 0 aromatic heterocycles. The highest BCUT2D eigenvalue weighted by atomic mass is 32.2. The molecule has 1 aromatic carbocycles. The molecular formula is C18H27N3O5S. The van der Waals surface area contributed by atoms with E-state index in [0.29, 0.717) is 11.5 Å². The number of ether oxygens (including phenoxy) is 2.